The molecule has 0 aliphatic heterocycles. The van der Waals surface area contributed by atoms with Crippen molar-refractivity contribution in [1.82, 2.24) is 9.97 Å². The zero-order chi connectivity index (χ0) is 31.3. The van der Waals surface area contributed by atoms with Gasteiger partial charge in [-0.15, -0.1) is 0 Å². The van der Waals surface area contributed by atoms with Crippen LogP contribution in [0.1, 0.15) is 25.0 Å². The minimum atomic E-state index is -0.114. The average Bonchev–Trinajstić information content (AvgIpc) is 3.77. The maximum absolute atomic E-state index is 6.37. The maximum atomic E-state index is 6.37. The first-order chi connectivity index (χ1) is 23.0. The summed E-state index contributed by atoms with van der Waals surface area (Å²) < 4.78 is 12.7. The Morgan fingerprint density at radius 1 is 0.489 bits per heavy atom. The van der Waals surface area contributed by atoms with E-state index >= 15 is 0 Å². The lowest BCUT2D eigenvalue weighted by Gasteiger charge is -2.21. The maximum Gasteiger partial charge on any atom is 0.160 e. The number of hydrogen-bond acceptors (Lipinski definition) is 4. The van der Waals surface area contributed by atoms with Gasteiger partial charge in [-0.1, -0.05) is 98.8 Å². The van der Waals surface area contributed by atoms with Crippen molar-refractivity contribution < 1.29 is 8.83 Å². The minimum Gasteiger partial charge on any atom is -0.456 e. The van der Waals surface area contributed by atoms with E-state index < -0.39 is 0 Å². The SMILES string of the molecule is CC1(C)c2ccccc2-c2c(-c3cc(-c4cc5ccccc5o4)nc(-c4ccc5oc6cc7ccccc7cc6c5c4)n3)cccc21. The van der Waals surface area contributed by atoms with Crippen molar-refractivity contribution in [2.45, 2.75) is 19.3 Å². The second-order valence-electron chi connectivity index (χ2n) is 13.0. The highest BCUT2D eigenvalue weighted by molar-refractivity contribution is 6.11. The van der Waals surface area contributed by atoms with E-state index in [-0.39, 0.29) is 5.41 Å². The lowest BCUT2D eigenvalue weighted by Crippen LogP contribution is -2.14. The van der Waals surface area contributed by atoms with Crippen LogP contribution in [0.5, 0.6) is 0 Å². The smallest absolute Gasteiger partial charge is 0.160 e. The quantitative estimate of drug-likeness (QED) is 0.201. The van der Waals surface area contributed by atoms with Gasteiger partial charge in [0.15, 0.2) is 11.6 Å². The predicted octanol–water partition coefficient (Wildman–Crippen LogP) is 11.6. The lowest BCUT2D eigenvalue weighted by atomic mass is 9.82. The van der Waals surface area contributed by atoms with Crippen molar-refractivity contribution in [1.29, 1.82) is 0 Å². The Hall–Kier alpha value is -6.00. The number of furan rings is 2. The fraction of sp³-hybridized carbons (Fsp3) is 0.0698. The molecule has 1 aliphatic carbocycles. The summed E-state index contributed by atoms with van der Waals surface area (Å²) >= 11 is 0. The molecule has 3 aromatic heterocycles. The van der Waals surface area contributed by atoms with Crippen molar-refractivity contribution in [2.24, 2.45) is 0 Å². The molecule has 0 saturated heterocycles. The molecule has 0 saturated carbocycles. The van der Waals surface area contributed by atoms with E-state index in [2.05, 4.69) is 123 Å². The number of rotatable bonds is 3. The molecule has 222 valence electrons. The normalized spacial score (nSPS) is 13.5. The molecule has 4 heteroatoms. The molecule has 3 heterocycles. The Labute approximate surface area is 271 Å². The Morgan fingerprint density at radius 3 is 2.06 bits per heavy atom. The van der Waals surface area contributed by atoms with E-state index in [1.807, 2.05) is 24.3 Å². The Kier molecular flexibility index (Phi) is 5.31. The standard InChI is InChI=1S/C43H28N2O2/c1-43(2)33-15-7-6-13-29(33)41-30(14-9-16-34(41)43)35-24-36(40-23-27-12-5-8-17-37(27)46-40)45-42(44-35)28-18-19-38-31(21-28)32-20-25-10-3-4-11-26(25)22-39(32)47-38/h3-24H,1-2H3. The van der Waals surface area contributed by atoms with Crippen LogP contribution in [-0.2, 0) is 5.41 Å². The largest absolute Gasteiger partial charge is 0.456 e. The molecule has 9 aromatic rings. The molecule has 0 radical (unpaired) electrons. The number of fused-ring (bicyclic) bond motifs is 8. The van der Waals surface area contributed by atoms with Crippen molar-refractivity contribution in [3.05, 3.63) is 145 Å². The molecule has 0 spiro atoms. The molecule has 0 unspecified atom stereocenters. The predicted molar refractivity (Wildman–Crippen MR) is 190 cm³/mol. The Balaban J connectivity index is 1.22. The number of para-hydroxylation sites is 1. The first kappa shape index (κ1) is 26.2. The van der Waals surface area contributed by atoms with Gasteiger partial charge in [-0.25, -0.2) is 9.97 Å². The van der Waals surface area contributed by atoms with E-state index in [1.165, 1.54) is 27.6 Å². The van der Waals surface area contributed by atoms with E-state index in [0.717, 1.165) is 60.8 Å². The average molecular weight is 605 g/mol. The van der Waals surface area contributed by atoms with Gasteiger partial charge in [0.05, 0.1) is 5.69 Å². The summed E-state index contributed by atoms with van der Waals surface area (Å²) in [5.41, 5.74) is 11.2. The Morgan fingerprint density at radius 2 is 1.19 bits per heavy atom. The van der Waals surface area contributed by atoms with Crippen molar-refractivity contribution in [3.8, 4) is 45.2 Å². The van der Waals surface area contributed by atoms with Crippen LogP contribution in [0.2, 0.25) is 0 Å². The highest BCUT2D eigenvalue weighted by Crippen LogP contribution is 2.52. The van der Waals surface area contributed by atoms with Crippen LogP contribution in [0.3, 0.4) is 0 Å². The highest BCUT2D eigenvalue weighted by Gasteiger charge is 2.36. The summed E-state index contributed by atoms with van der Waals surface area (Å²) in [6.45, 7) is 4.61. The van der Waals surface area contributed by atoms with Crippen molar-refractivity contribution in [2.75, 3.05) is 0 Å². The van der Waals surface area contributed by atoms with Crippen LogP contribution in [0.15, 0.2) is 142 Å². The van der Waals surface area contributed by atoms with Gasteiger partial charge in [0.25, 0.3) is 0 Å². The molecule has 0 atom stereocenters. The second kappa shape index (κ2) is 9.51. The van der Waals surface area contributed by atoms with Crippen LogP contribution < -0.4 is 0 Å². The van der Waals surface area contributed by atoms with Crippen LogP contribution in [0.4, 0.5) is 0 Å². The molecule has 47 heavy (non-hydrogen) atoms. The molecule has 1 aliphatic rings. The third kappa shape index (κ3) is 3.88. The van der Waals surface area contributed by atoms with Gasteiger partial charge in [-0.05, 0) is 81.6 Å². The topological polar surface area (TPSA) is 52.1 Å². The number of nitrogens with zero attached hydrogens (tertiary/aromatic N) is 2. The lowest BCUT2D eigenvalue weighted by molar-refractivity contribution is 0.628. The zero-order valence-corrected chi connectivity index (χ0v) is 25.9. The first-order valence-electron chi connectivity index (χ1n) is 16.0. The van der Waals surface area contributed by atoms with Crippen LogP contribution >= 0.6 is 0 Å². The summed E-state index contributed by atoms with van der Waals surface area (Å²) in [4.78, 5) is 10.4. The highest BCUT2D eigenvalue weighted by atomic mass is 16.3. The van der Waals surface area contributed by atoms with Gasteiger partial charge in [-0.3, -0.25) is 0 Å². The third-order valence-electron chi connectivity index (χ3n) is 9.88. The van der Waals surface area contributed by atoms with Crippen LogP contribution in [-0.4, -0.2) is 9.97 Å². The summed E-state index contributed by atoms with van der Waals surface area (Å²) in [5, 5.41) is 5.50. The van der Waals surface area contributed by atoms with Gasteiger partial charge >= 0.3 is 0 Å². The van der Waals surface area contributed by atoms with Gasteiger partial charge in [0.2, 0.25) is 0 Å². The molecule has 10 rings (SSSR count). The number of hydrogen-bond donors (Lipinski definition) is 0. The zero-order valence-electron chi connectivity index (χ0n) is 25.9. The molecule has 0 fully saturated rings. The van der Waals surface area contributed by atoms with Gasteiger partial charge < -0.3 is 8.83 Å². The summed E-state index contributed by atoms with van der Waals surface area (Å²) in [7, 11) is 0. The second-order valence-corrected chi connectivity index (χ2v) is 13.0. The van der Waals surface area contributed by atoms with Gasteiger partial charge in [0, 0.05) is 32.7 Å². The van der Waals surface area contributed by atoms with E-state index in [0.29, 0.717) is 11.6 Å². The molecule has 0 amide bonds. The van der Waals surface area contributed by atoms with Crippen molar-refractivity contribution >= 4 is 43.7 Å². The van der Waals surface area contributed by atoms with E-state index in [1.54, 1.807) is 0 Å². The number of benzene rings is 6. The summed E-state index contributed by atoms with van der Waals surface area (Å²) in [6.07, 6.45) is 0. The Bertz CT molecular complexity index is 2700. The molecule has 6 aromatic carbocycles. The molecule has 0 N–H and O–H groups in total. The van der Waals surface area contributed by atoms with E-state index in [4.69, 9.17) is 18.8 Å². The number of aromatic nitrogens is 2. The summed E-state index contributed by atoms with van der Waals surface area (Å²) in [6, 6.07) is 46.5. The minimum absolute atomic E-state index is 0.114. The van der Waals surface area contributed by atoms with Gasteiger partial charge in [0.1, 0.15) is 22.4 Å². The third-order valence-corrected chi connectivity index (χ3v) is 9.88. The van der Waals surface area contributed by atoms with Gasteiger partial charge in [-0.2, -0.15) is 0 Å². The molecular weight excluding hydrogens is 576 g/mol. The fourth-order valence-corrected chi connectivity index (χ4v) is 7.52. The van der Waals surface area contributed by atoms with Crippen molar-refractivity contribution in [3.63, 3.8) is 0 Å². The first-order valence-corrected chi connectivity index (χ1v) is 16.0. The van der Waals surface area contributed by atoms with E-state index in [9.17, 15) is 0 Å². The van der Waals surface area contributed by atoms with Crippen LogP contribution in [0, 0.1) is 0 Å². The summed E-state index contributed by atoms with van der Waals surface area (Å²) in [5.74, 6) is 1.35. The fourth-order valence-electron chi connectivity index (χ4n) is 7.52. The monoisotopic (exact) mass is 604 g/mol. The molecule has 4 nitrogen and oxygen atoms in total. The molecule has 0 bridgehead atoms. The van der Waals surface area contributed by atoms with Crippen LogP contribution in [0.25, 0.3) is 88.9 Å². The molecular formula is C43H28N2O2.